The van der Waals surface area contributed by atoms with Crippen LogP contribution in [0.15, 0.2) is 75.0 Å². The first-order valence-corrected chi connectivity index (χ1v) is 14.4. The second-order valence-corrected chi connectivity index (χ2v) is 10.6. The molecule has 1 N–H and O–H groups in total. The van der Waals surface area contributed by atoms with Crippen molar-refractivity contribution in [2.45, 2.75) is 44.9 Å². The van der Waals surface area contributed by atoms with Crippen molar-refractivity contribution in [2.24, 2.45) is 5.10 Å². The summed E-state index contributed by atoms with van der Waals surface area (Å²) in [4.78, 5) is 30.8. The average Bonchev–Trinajstić information content (AvgIpc) is 2.97. The molecule has 0 atom stereocenters. The zero-order chi connectivity index (χ0) is 28.8. The lowest BCUT2D eigenvalue weighted by Crippen LogP contribution is -2.25. The van der Waals surface area contributed by atoms with Gasteiger partial charge in [0.15, 0.2) is 18.1 Å². The molecule has 0 radical (unpaired) electrons. The fraction of sp³-hybridized carbons (Fsp3) is 0.290. The summed E-state index contributed by atoms with van der Waals surface area (Å²) in [5, 5.41) is 7.73. The molecule has 0 bridgehead atoms. The van der Waals surface area contributed by atoms with Gasteiger partial charge in [-0.15, -0.1) is 0 Å². The van der Waals surface area contributed by atoms with Gasteiger partial charge < -0.3 is 14.8 Å². The maximum Gasteiger partial charge on any atom is 0.282 e. The van der Waals surface area contributed by atoms with E-state index in [-0.39, 0.29) is 18.1 Å². The van der Waals surface area contributed by atoms with Crippen molar-refractivity contribution in [3.05, 3.63) is 92.7 Å². The number of halogens is 2. The average molecular weight is 622 g/mol. The molecule has 8 nitrogen and oxygen atoms in total. The molecule has 41 heavy (non-hydrogen) atoms. The number of ether oxygens (including phenoxy) is 2. The van der Waals surface area contributed by atoms with Crippen LogP contribution in [0.3, 0.4) is 0 Å². The van der Waals surface area contributed by atoms with Crippen LogP contribution in [0, 0.1) is 5.82 Å². The largest absolute Gasteiger partial charge is 0.490 e. The topological polar surface area (TPSA) is 94.8 Å². The number of aromatic nitrogens is 2. The van der Waals surface area contributed by atoms with Crippen LogP contribution >= 0.6 is 15.9 Å². The predicted molar refractivity (Wildman–Crippen MR) is 161 cm³/mol. The number of hydrogen-bond acceptors (Lipinski definition) is 6. The Kier molecular flexibility index (Phi) is 9.08. The van der Waals surface area contributed by atoms with Gasteiger partial charge in [-0.2, -0.15) is 9.78 Å². The smallest absolute Gasteiger partial charge is 0.282 e. The summed E-state index contributed by atoms with van der Waals surface area (Å²) in [6.07, 6.45) is 6.93. The van der Waals surface area contributed by atoms with E-state index in [2.05, 4.69) is 26.3 Å². The fourth-order valence-electron chi connectivity index (χ4n) is 4.97. The summed E-state index contributed by atoms with van der Waals surface area (Å²) < 4.78 is 27.0. The number of anilines is 1. The molecule has 1 amide bonds. The maximum absolute atomic E-state index is 13.5. The number of hydrogen-bond donors (Lipinski definition) is 1. The number of carbonyl (C=O) groups is 1. The minimum atomic E-state index is -0.450. The van der Waals surface area contributed by atoms with Crippen molar-refractivity contribution >= 4 is 44.6 Å². The molecular formula is C31H30BrFN4O4. The maximum atomic E-state index is 13.5. The highest BCUT2D eigenvalue weighted by atomic mass is 79.9. The molecule has 4 aromatic rings. The molecule has 0 unspecified atom stereocenters. The Labute approximate surface area is 245 Å². The Bertz CT molecular complexity index is 1650. The molecule has 10 heteroatoms. The van der Waals surface area contributed by atoms with Crippen molar-refractivity contribution in [1.82, 2.24) is 9.66 Å². The number of amides is 1. The van der Waals surface area contributed by atoms with E-state index in [1.54, 1.807) is 30.5 Å². The summed E-state index contributed by atoms with van der Waals surface area (Å²) in [7, 11) is 0. The second kappa shape index (κ2) is 13.1. The lowest BCUT2D eigenvalue weighted by Gasteiger charge is -2.22. The molecule has 1 heterocycles. The lowest BCUT2D eigenvalue weighted by atomic mass is 9.88. The third-order valence-corrected chi connectivity index (χ3v) is 7.45. The van der Waals surface area contributed by atoms with Gasteiger partial charge in [-0.3, -0.25) is 9.59 Å². The number of para-hydroxylation sites is 1. The summed E-state index contributed by atoms with van der Waals surface area (Å²) in [5.41, 5.74) is 1.46. The normalized spacial score (nSPS) is 13.9. The van der Waals surface area contributed by atoms with Crippen molar-refractivity contribution in [2.75, 3.05) is 18.5 Å². The van der Waals surface area contributed by atoms with E-state index >= 15 is 0 Å². The van der Waals surface area contributed by atoms with Gasteiger partial charge in [0.25, 0.3) is 11.5 Å². The quantitative estimate of drug-likeness (QED) is 0.212. The Balaban J connectivity index is 1.41. The van der Waals surface area contributed by atoms with Crippen LogP contribution in [0.5, 0.6) is 11.5 Å². The van der Waals surface area contributed by atoms with Crippen molar-refractivity contribution < 1.29 is 18.7 Å². The zero-order valence-electron chi connectivity index (χ0n) is 22.6. The highest BCUT2D eigenvalue weighted by Crippen LogP contribution is 2.37. The highest BCUT2D eigenvalue weighted by Gasteiger charge is 2.22. The molecule has 1 aliphatic carbocycles. The summed E-state index contributed by atoms with van der Waals surface area (Å²) in [6.45, 7) is 1.89. The van der Waals surface area contributed by atoms with Crippen LogP contribution in [-0.4, -0.2) is 35.0 Å². The van der Waals surface area contributed by atoms with Gasteiger partial charge in [-0.25, -0.2) is 9.37 Å². The number of carbonyl (C=O) groups excluding carboxylic acids is 1. The van der Waals surface area contributed by atoms with Crippen LogP contribution in [0.2, 0.25) is 0 Å². The molecular weight excluding hydrogens is 591 g/mol. The number of nitrogens with one attached hydrogen (secondary N) is 1. The first-order chi connectivity index (χ1) is 19.9. The van der Waals surface area contributed by atoms with E-state index in [1.807, 2.05) is 25.1 Å². The van der Waals surface area contributed by atoms with Crippen LogP contribution in [0.1, 0.15) is 56.3 Å². The van der Waals surface area contributed by atoms with Gasteiger partial charge in [0.05, 0.1) is 28.2 Å². The Morgan fingerprint density at radius 3 is 2.71 bits per heavy atom. The standard InChI is InChI=1S/C31H30BrFN4O4/c1-2-40-27-16-20(15-25(32)29(27)41-19-28(38)35-23-12-8-11-22(33)17-23)18-34-37-30(21-9-4-3-5-10-21)36-26-14-7-6-13-24(26)31(37)39/h6-8,11-18,21H,2-5,9-10,19H2,1H3,(H,35,38). The summed E-state index contributed by atoms with van der Waals surface area (Å²) >= 11 is 3.52. The Morgan fingerprint density at radius 2 is 1.93 bits per heavy atom. The van der Waals surface area contributed by atoms with Crippen molar-refractivity contribution in [3.63, 3.8) is 0 Å². The van der Waals surface area contributed by atoms with E-state index in [1.165, 1.54) is 29.3 Å². The third-order valence-electron chi connectivity index (χ3n) is 6.86. The van der Waals surface area contributed by atoms with Gasteiger partial charge in [0, 0.05) is 11.6 Å². The van der Waals surface area contributed by atoms with Crippen molar-refractivity contribution in [3.8, 4) is 11.5 Å². The molecule has 0 saturated heterocycles. The lowest BCUT2D eigenvalue weighted by molar-refractivity contribution is -0.118. The molecule has 1 saturated carbocycles. The highest BCUT2D eigenvalue weighted by molar-refractivity contribution is 9.10. The van der Waals surface area contributed by atoms with E-state index in [0.717, 1.165) is 25.7 Å². The number of fused-ring (bicyclic) bond motifs is 1. The molecule has 1 aliphatic rings. The van der Waals surface area contributed by atoms with Gasteiger partial charge in [-0.1, -0.05) is 37.5 Å². The van der Waals surface area contributed by atoms with Crippen LogP contribution in [0.4, 0.5) is 10.1 Å². The van der Waals surface area contributed by atoms with E-state index in [0.29, 0.717) is 50.6 Å². The molecule has 0 aliphatic heterocycles. The first kappa shape index (κ1) is 28.5. The third kappa shape index (κ3) is 6.82. The van der Waals surface area contributed by atoms with Gasteiger partial charge in [0.1, 0.15) is 11.6 Å². The monoisotopic (exact) mass is 620 g/mol. The number of rotatable bonds is 9. The number of benzene rings is 3. The van der Waals surface area contributed by atoms with Crippen LogP contribution in [0.25, 0.3) is 10.9 Å². The van der Waals surface area contributed by atoms with Crippen LogP contribution < -0.4 is 20.3 Å². The second-order valence-electron chi connectivity index (χ2n) is 9.79. The SMILES string of the molecule is CCOc1cc(C=Nn2c(C3CCCCC3)nc3ccccc3c2=O)cc(Br)c1OCC(=O)Nc1cccc(F)c1. The minimum absolute atomic E-state index is 0.165. The van der Waals surface area contributed by atoms with Crippen molar-refractivity contribution in [1.29, 1.82) is 0 Å². The van der Waals surface area contributed by atoms with Gasteiger partial charge in [-0.05, 0) is 83.7 Å². The molecule has 5 rings (SSSR count). The molecule has 0 spiro atoms. The van der Waals surface area contributed by atoms with Gasteiger partial charge >= 0.3 is 0 Å². The minimum Gasteiger partial charge on any atom is -0.490 e. The summed E-state index contributed by atoms with van der Waals surface area (Å²) in [5.74, 6) is 0.685. The Hall–Kier alpha value is -4.05. The molecule has 1 fully saturated rings. The predicted octanol–water partition coefficient (Wildman–Crippen LogP) is 6.64. The molecule has 1 aromatic heterocycles. The fourth-order valence-corrected chi connectivity index (χ4v) is 5.54. The molecule has 212 valence electrons. The zero-order valence-corrected chi connectivity index (χ0v) is 24.2. The van der Waals surface area contributed by atoms with E-state index in [4.69, 9.17) is 14.5 Å². The van der Waals surface area contributed by atoms with E-state index < -0.39 is 11.7 Å². The number of nitrogens with zero attached hydrogens (tertiary/aromatic N) is 3. The Morgan fingerprint density at radius 1 is 1.12 bits per heavy atom. The molecule has 3 aromatic carbocycles. The van der Waals surface area contributed by atoms with Crippen LogP contribution in [-0.2, 0) is 4.79 Å². The van der Waals surface area contributed by atoms with Gasteiger partial charge in [0.2, 0.25) is 0 Å². The first-order valence-electron chi connectivity index (χ1n) is 13.6. The summed E-state index contributed by atoms with van der Waals surface area (Å²) in [6, 6.07) is 16.5. The van der Waals surface area contributed by atoms with E-state index in [9.17, 15) is 14.0 Å².